The molecule has 0 amide bonds. The lowest BCUT2D eigenvalue weighted by Crippen LogP contribution is -2.37. The minimum Gasteiger partial charge on any atom is -0.372 e. The highest BCUT2D eigenvalue weighted by Crippen LogP contribution is 2.15. The SMILES string of the molecule is CC(O[CH]C=Cc1cccc([N+](=O)[O-])c1)[Si](C)(C)C. The standard InChI is InChI=1S/C14H20NO3Si/c1-12(19(2,3)4)18-10-6-8-13-7-5-9-14(11-13)15(16)17/h5-12H,1-4H3. The first kappa shape index (κ1) is 15.6. The molecule has 0 aliphatic carbocycles. The maximum Gasteiger partial charge on any atom is 0.270 e. The monoisotopic (exact) mass is 278 g/mol. The zero-order valence-corrected chi connectivity index (χ0v) is 12.8. The van der Waals surface area contributed by atoms with E-state index in [0.717, 1.165) is 5.56 Å². The normalized spacial score (nSPS) is 13.7. The van der Waals surface area contributed by atoms with Gasteiger partial charge >= 0.3 is 0 Å². The second kappa shape index (κ2) is 6.63. The summed E-state index contributed by atoms with van der Waals surface area (Å²) in [6.07, 6.45) is 3.57. The highest BCUT2D eigenvalue weighted by atomic mass is 28.3. The van der Waals surface area contributed by atoms with E-state index in [2.05, 4.69) is 26.6 Å². The van der Waals surface area contributed by atoms with Crippen LogP contribution >= 0.6 is 0 Å². The molecule has 1 radical (unpaired) electrons. The Morgan fingerprint density at radius 3 is 2.63 bits per heavy atom. The molecular weight excluding hydrogens is 258 g/mol. The van der Waals surface area contributed by atoms with Crippen LogP contribution in [0.25, 0.3) is 6.08 Å². The lowest BCUT2D eigenvalue weighted by atomic mass is 10.2. The summed E-state index contributed by atoms with van der Waals surface area (Å²) >= 11 is 0. The summed E-state index contributed by atoms with van der Waals surface area (Å²) in [7, 11) is -1.29. The van der Waals surface area contributed by atoms with E-state index in [-0.39, 0.29) is 11.4 Å². The first-order valence-corrected chi connectivity index (χ1v) is 9.78. The van der Waals surface area contributed by atoms with Crippen LogP contribution in [0.1, 0.15) is 12.5 Å². The number of non-ortho nitro benzene ring substituents is 1. The molecule has 0 aliphatic rings. The smallest absolute Gasteiger partial charge is 0.270 e. The molecule has 4 nitrogen and oxygen atoms in total. The Hall–Kier alpha value is -1.46. The number of ether oxygens (including phenoxy) is 1. The molecule has 1 rings (SSSR count). The maximum atomic E-state index is 10.6. The number of nitro benzene ring substituents is 1. The van der Waals surface area contributed by atoms with Gasteiger partial charge in [-0.05, 0) is 12.5 Å². The number of nitro groups is 1. The predicted molar refractivity (Wildman–Crippen MR) is 80.3 cm³/mol. The fourth-order valence-corrected chi connectivity index (χ4v) is 1.75. The third-order valence-electron chi connectivity index (χ3n) is 2.95. The van der Waals surface area contributed by atoms with Crippen molar-refractivity contribution in [2.45, 2.75) is 32.3 Å². The topological polar surface area (TPSA) is 52.4 Å². The summed E-state index contributed by atoms with van der Waals surface area (Å²) < 4.78 is 5.62. The average Bonchev–Trinajstić information content (AvgIpc) is 2.33. The molecule has 103 valence electrons. The van der Waals surface area contributed by atoms with Gasteiger partial charge in [0.25, 0.3) is 5.69 Å². The van der Waals surface area contributed by atoms with Crippen LogP contribution in [-0.2, 0) is 4.74 Å². The number of rotatable bonds is 6. The Balaban J connectivity index is 2.54. The maximum absolute atomic E-state index is 10.6. The summed E-state index contributed by atoms with van der Waals surface area (Å²) in [6, 6.07) is 6.50. The molecule has 0 spiro atoms. The zero-order chi connectivity index (χ0) is 14.5. The van der Waals surface area contributed by atoms with Gasteiger partial charge in [0.2, 0.25) is 0 Å². The Bertz CT molecular complexity index is 466. The van der Waals surface area contributed by atoms with Crippen molar-refractivity contribution in [3.63, 3.8) is 0 Å². The van der Waals surface area contributed by atoms with Gasteiger partial charge in [-0.15, -0.1) is 0 Å². The van der Waals surface area contributed by atoms with E-state index in [4.69, 9.17) is 4.74 Å². The molecule has 0 saturated heterocycles. The van der Waals surface area contributed by atoms with Gasteiger partial charge in [0, 0.05) is 17.9 Å². The van der Waals surface area contributed by atoms with E-state index in [1.165, 1.54) is 12.1 Å². The van der Waals surface area contributed by atoms with Gasteiger partial charge in [-0.25, -0.2) is 0 Å². The second-order valence-corrected chi connectivity index (χ2v) is 11.0. The molecule has 0 N–H and O–H groups in total. The molecule has 0 aromatic heterocycles. The van der Waals surface area contributed by atoms with E-state index in [1.807, 2.05) is 6.07 Å². The third-order valence-corrected chi connectivity index (χ3v) is 5.53. The molecule has 1 aromatic rings. The highest BCUT2D eigenvalue weighted by Gasteiger charge is 2.22. The van der Waals surface area contributed by atoms with Gasteiger partial charge in [-0.1, -0.05) is 43.9 Å². The average molecular weight is 278 g/mol. The van der Waals surface area contributed by atoms with Crippen LogP contribution in [0.3, 0.4) is 0 Å². The van der Waals surface area contributed by atoms with E-state index in [1.54, 1.807) is 24.8 Å². The molecule has 19 heavy (non-hydrogen) atoms. The Labute approximate surface area is 115 Å². The first-order valence-electron chi connectivity index (χ1n) is 6.20. The van der Waals surface area contributed by atoms with Crippen molar-refractivity contribution in [3.8, 4) is 0 Å². The quantitative estimate of drug-likeness (QED) is 0.448. The minimum absolute atomic E-state index is 0.0959. The molecule has 1 atom stereocenters. The number of hydrogen-bond acceptors (Lipinski definition) is 3. The van der Waals surface area contributed by atoms with Crippen molar-refractivity contribution in [1.29, 1.82) is 0 Å². The van der Waals surface area contributed by atoms with Crippen LogP contribution in [0.15, 0.2) is 30.3 Å². The number of benzene rings is 1. The minimum atomic E-state index is -1.29. The molecule has 0 saturated carbocycles. The fourth-order valence-electron chi connectivity index (χ4n) is 1.26. The van der Waals surface area contributed by atoms with Crippen LogP contribution in [0.5, 0.6) is 0 Å². The highest BCUT2D eigenvalue weighted by molar-refractivity contribution is 6.77. The van der Waals surface area contributed by atoms with Crippen LogP contribution in [0.2, 0.25) is 19.6 Å². The van der Waals surface area contributed by atoms with Crippen LogP contribution in [-0.4, -0.2) is 18.7 Å². The molecule has 0 fully saturated rings. The summed E-state index contributed by atoms with van der Waals surface area (Å²) in [6.45, 7) is 10.5. The Kier molecular flexibility index (Phi) is 5.44. The van der Waals surface area contributed by atoms with Crippen molar-refractivity contribution < 1.29 is 9.66 Å². The lowest BCUT2D eigenvalue weighted by Gasteiger charge is -2.24. The van der Waals surface area contributed by atoms with Crippen LogP contribution in [0.4, 0.5) is 5.69 Å². The van der Waals surface area contributed by atoms with Gasteiger partial charge in [0.05, 0.1) is 13.0 Å². The van der Waals surface area contributed by atoms with Crippen molar-refractivity contribution in [3.05, 3.63) is 52.6 Å². The van der Waals surface area contributed by atoms with Crippen molar-refractivity contribution in [2.24, 2.45) is 0 Å². The molecule has 0 heterocycles. The zero-order valence-electron chi connectivity index (χ0n) is 11.8. The van der Waals surface area contributed by atoms with Gasteiger partial charge in [-0.2, -0.15) is 0 Å². The molecule has 0 bridgehead atoms. The summed E-state index contributed by atoms with van der Waals surface area (Å²) in [5, 5.41) is 10.6. The van der Waals surface area contributed by atoms with Gasteiger partial charge in [0.15, 0.2) is 0 Å². The summed E-state index contributed by atoms with van der Waals surface area (Å²) in [4.78, 5) is 10.2. The number of hydrogen-bond donors (Lipinski definition) is 0. The molecule has 1 aromatic carbocycles. The first-order chi connectivity index (χ1) is 8.80. The van der Waals surface area contributed by atoms with Crippen molar-refractivity contribution in [1.82, 2.24) is 0 Å². The van der Waals surface area contributed by atoms with E-state index < -0.39 is 13.0 Å². The van der Waals surface area contributed by atoms with Crippen LogP contribution in [0, 0.1) is 16.7 Å². The largest absolute Gasteiger partial charge is 0.372 e. The number of nitrogens with zero attached hydrogens (tertiary/aromatic N) is 1. The van der Waals surface area contributed by atoms with Gasteiger partial charge < -0.3 is 4.74 Å². The van der Waals surface area contributed by atoms with Crippen molar-refractivity contribution in [2.75, 3.05) is 0 Å². The Morgan fingerprint density at radius 2 is 2.05 bits per heavy atom. The summed E-state index contributed by atoms with van der Waals surface area (Å²) in [5.74, 6) is 0. The molecule has 0 aliphatic heterocycles. The van der Waals surface area contributed by atoms with Gasteiger partial charge in [0.1, 0.15) is 6.61 Å². The molecule has 5 heteroatoms. The van der Waals surface area contributed by atoms with E-state index in [0.29, 0.717) is 0 Å². The predicted octanol–water partition coefficient (Wildman–Crippen LogP) is 4.05. The lowest BCUT2D eigenvalue weighted by molar-refractivity contribution is -0.384. The molecular formula is C14H20NO3Si. The van der Waals surface area contributed by atoms with E-state index >= 15 is 0 Å². The summed E-state index contributed by atoms with van der Waals surface area (Å²) in [5.41, 5.74) is 1.12. The Morgan fingerprint density at radius 1 is 1.37 bits per heavy atom. The second-order valence-electron chi connectivity index (χ2n) is 5.49. The fraction of sp³-hybridized carbons (Fsp3) is 0.357. The van der Waals surface area contributed by atoms with Gasteiger partial charge in [-0.3, -0.25) is 10.1 Å². The molecule has 1 unspecified atom stereocenters. The van der Waals surface area contributed by atoms with E-state index in [9.17, 15) is 10.1 Å². The van der Waals surface area contributed by atoms with Crippen molar-refractivity contribution >= 4 is 19.8 Å². The third kappa shape index (κ3) is 5.36. The van der Waals surface area contributed by atoms with Crippen LogP contribution < -0.4 is 0 Å².